The van der Waals surface area contributed by atoms with Crippen LogP contribution >= 0.6 is 0 Å². The lowest BCUT2D eigenvalue weighted by Crippen LogP contribution is -2.15. The molecule has 12 heavy (non-hydrogen) atoms. The zero-order valence-electron chi connectivity index (χ0n) is 6.80. The summed E-state index contributed by atoms with van der Waals surface area (Å²) in [6.07, 6.45) is 1.25. The third-order valence-corrected chi connectivity index (χ3v) is 1.48. The average Bonchev–Trinajstić information content (AvgIpc) is 2.08. The van der Waals surface area contributed by atoms with Gasteiger partial charge < -0.3 is 4.74 Å². The Morgan fingerprint density at radius 1 is 1.25 bits per heavy atom. The van der Waals surface area contributed by atoms with Crippen molar-refractivity contribution >= 4 is 11.9 Å². The van der Waals surface area contributed by atoms with Crippen LogP contribution in [0.2, 0.25) is 0 Å². The highest BCUT2D eigenvalue weighted by atomic mass is 16.6. The van der Waals surface area contributed by atoms with E-state index in [2.05, 4.69) is 4.74 Å². The Hall–Kier alpha value is -1.12. The lowest BCUT2D eigenvalue weighted by Gasteiger charge is -2.16. The van der Waals surface area contributed by atoms with Gasteiger partial charge >= 0.3 is 11.9 Å². The van der Waals surface area contributed by atoms with Crippen LogP contribution < -0.4 is 0 Å². The molecule has 0 N–H and O–H groups in total. The van der Waals surface area contributed by atoms with E-state index in [4.69, 9.17) is 0 Å². The van der Waals surface area contributed by atoms with Crippen LogP contribution in [0.25, 0.3) is 0 Å². The van der Waals surface area contributed by atoms with Crippen molar-refractivity contribution in [1.82, 2.24) is 0 Å². The summed E-state index contributed by atoms with van der Waals surface area (Å²) in [7, 11) is 0. The van der Waals surface area contributed by atoms with Crippen molar-refractivity contribution < 1.29 is 14.3 Å². The predicted molar refractivity (Wildman–Crippen MR) is 45.4 cm³/mol. The minimum absolute atomic E-state index is 0. The molecule has 1 heterocycles. The number of esters is 2. The summed E-state index contributed by atoms with van der Waals surface area (Å²) in [5.74, 6) is -1.07. The van der Waals surface area contributed by atoms with E-state index in [1.165, 1.54) is 6.08 Å². The predicted octanol–water partition coefficient (Wildman–Crippen LogP) is 1.68. The Labute approximate surface area is 72.4 Å². The normalized spacial score (nSPS) is 16.8. The maximum atomic E-state index is 10.9. The minimum atomic E-state index is -0.556. The van der Waals surface area contributed by atoms with Gasteiger partial charge in [-0.2, -0.15) is 0 Å². The van der Waals surface area contributed by atoms with Gasteiger partial charge in [0.1, 0.15) is 0 Å². The van der Waals surface area contributed by atoms with E-state index in [0.717, 1.165) is 0 Å². The van der Waals surface area contributed by atoms with Gasteiger partial charge in [-0.3, -0.25) is 0 Å². The fourth-order valence-electron chi connectivity index (χ4n) is 0.875. The van der Waals surface area contributed by atoms with E-state index in [-0.39, 0.29) is 12.8 Å². The van der Waals surface area contributed by atoms with Crippen molar-refractivity contribution in [3.8, 4) is 0 Å². The molecule has 0 unspecified atom stereocenters. The molecule has 0 amide bonds. The summed E-state index contributed by atoms with van der Waals surface area (Å²) in [4.78, 5) is 21.5. The number of carbonyl (C=O) groups is 2. The molecule has 0 atom stereocenters. The van der Waals surface area contributed by atoms with E-state index < -0.39 is 11.9 Å². The van der Waals surface area contributed by atoms with E-state index in [0.29, 0.717) is 5.57 Å². The van der Waals surface area contributed by atoms with Gasteiger partial charge in [0.05, 0.1) is 5.57 Å². The van der Waals surface area contributed by atoms with E-state index in [1.54, 1.807) is 0 Å². The van der Waals surface area contributed by atoms with Crippen molar-refractivity contribution in [2.75, 3.05) is 0 Å². The third kappa shape index (κ3) is 1.94. The SMILES string of the molecule is C.CC(C)(C)C1=CC(=O)OC1=O. The molecular weight excluding hydrogens is 156 g/mol. The molecule has 0 aliphatic carbocycles. The van der Waals surface area contributed by atoms with Gasteiger partial charge in [0, 0.05) is 6.08 Å². The number of ether oxygens (including phenoxy) is 1. The summed E-state index contributed by atoms with van der Waals surface area (Å²) in [5, 5.41) is 0. The van der Waals surface area contributed by atoms with Gasteiger partial charge in [-0.15, -0.1) is 0 Å². The molecule has 1 aliphatic rings. The van der Waals surface area contributed by atoms with Gasteiger partial charge in [-0.25, -0.2) is 9.59 Å². The summed E-state index contributed by atoms with van der Waals surface area (Å²) in [6.45, 7) is 5.58. The first-order valence-corrected chi connectivity index (χ1v) is 3.39. The third-order valence-electron chi connectivity index (χ3n) is 1.48. The Balaban J connectivity index is 0.00000121. The fraction of sp³-hybridized carbons (Fsp3) is 0.556. The van der Waals surface area contributed by atoms with E-state index >= 15 is 0 Å². The van der Waals surface area contributed by atoms with Crippen molar-refractivity contribution in [3.63, 3.8) is 0 Å². The zero-order chi connectivity index (χ0) is 8.65. The largest absolute Gasteiger partial charge is 0.386 e. The van der Waals surface area contributed by atoms with Gasteiger partial charge in [-0.1, -0.05) is 28.2 Å². The van der Waals surface area contributed by atoms with Crippen molar-refractivity contribution in [2.24, 2.45) is 5.41 Å². The summed E-state index contributed by atoms with van der Waals surface area (Å²) in [5.41, 5.74) is 0.144. The molecule has 0 saturated carbocycles. The Bertz CT molecular complexity index is 243. The van der Waals surface area contributed by atoms with Crippen molar-refractivity contribution in [1.29, 1.82) is 0 Å². The van der Waals surface area contributed by atoms with Crippen LogP contribution in [0.3, 0.4) is 0 Å². The molecule has 0 fully saturated rings. The smallest absolute Gasteiger partial charge is 0.342 e. The van der Waals surface area contributed by atoms with Crippen LogP contribution in [0.15, 0.2) is 11.6 Å². The molecule has 1 aliphatic heterocycles. The molecule has 0 radical (unpaired) electrons. The maximum Gasteiger partial charge on any atom is 0.342 e. The van der Waals surface area contributed by atoms with Crippen LogP contribution in [0.5, 0.6) is 0 Å². The second kappa shape index (κ2) is 3.09. The number of cyclic esters (lactones) is 2. The van der Waals surface area contributed by atoms with Crippen LogP contribution in [0.4, 0.5) is 0 Å². The standard InChI is InChI=1S/C8H10O3.CH4/c1-8(2,3)5-4-6(9)11-7(5)10;/h4H,1-3H3;1H4. The molecule has 68 valence electrons. The van der Waals surface area contributed by atoms with E-state index in [9.17, 15) is 9.59 Å². The van der Waals surface area contributed by atoms with E-state index in [1.807, 2.05) is 20.8 Å². The molecule has 1 rings (SSSR count). The molecule has 0 saturated heterocycles. The first kappa shape index (κ1) is 10.9. The fourth-order valence-corrected chi connectivity index (χ4v) is 0.875. The molecule has 0 aromatic rings. The van der Waals surface area contributed by atoms with Crippen LogP contribution in [-0.4, -0.2) is 11.9 Å². The Morgan fingerprint density at radius 2 is 1.75 bits per heavy atom. The average molecular weight is 170 g/mol. The number of carbonyl (C=O) groups excluding carboxylic acids is 2. The summed E-state index contributed by atoms with van der Waals surface area (Å²) >= 11 is 0. The number of hydrogen-bond acceptors (Lipinski definition) is 3. The Morgan fingerprint density at radius 3 is 1.92 bits per heavy atom. The molecule has 3 heteroatoms. The second-order valence-corrected chi connectivity index (χ2v) is 3.52. The molecule has 3 nitrogen and oxygen atoms in total. The van der Waals surface area contributed by atoms with Crippen LogP contribution in [0, 0.1) is 5.41 Å². The summed E-state index contributed by atoms with van der Waals surface area (Å²) < 4.78 is 4.33. The highest BCUT2D eigenvalue weighted by Crippen LogP contribution is 2.28. The van der Waals surface area contributed by atoms with Gasteiger partial charge in [0.2, 0.25) is 0 Å². The number of hydrogen-bond donors (Lipinski definition) is 0. The molecule has 0 spiro atoms. The molecule has 0 aromatic carbocycles. The Kier molecular flexibility index (Phi) is 2.80. The first-order valence-electron chi connectivity index (χ1n) is 3.39. The number of rotatable bonds is 0. The van der Waals surface area contributed by atoms with Gasteiger partial charge in [0.15, 0.2) is 0 Å². The topological polar surface area (TPSA) is 43.4 Å². The highest BCUT2D eigenvalue weighted by molar-refractivity contribution is 6.09. The van der Waals surface area contributed by atoms with Crippen molar-refractivity contribution in [3.05, 3.63) is 11.6 Å². The monoisotopic (exact) mass is 170 g/mol. The van der Waals surface area contributed by atoms with Crippen LogP contribution in [-0.2, 0) is 14.3 Å². The lowest BCUT2D eigenvalue weighted by molar-refractivity contribution is -0.151. The van der Waals surface area contributed by atoms with Gasteiger partial charge in [-0.05, 0) is 5.41 Å². The minimum Gasteiger partial charge on any atom is -0.386 e. The summed E-state index contributed by atoms with van der Waals surface area (Å²) in [6, 6.07) is 0. The van der Waals surface area contributed by atoms with Crippen LogP contribution in [0.1, 0.15) is 28.2 Å². The quantitative estimate of drug-likeness (QED) is 0.410. The maximum absolute atomic E-state index is 10.9. The van der Waals surface area contributed by atoms with Gasteiger partial charge in [0.25, 0.3) is 0 Å². The van der Waals surface area contributed by atoms with Crippen molar-refractivity contribution in [2.45, 2.75) is 28.2 Å². The molecule has 0 bridgehead atoms. The first-order chi connectivity index (χ1) is 4.91. The molecule has 0 aromatic heterocycles. The molecular formula is C9H14O3. The lowest BCUT2D eigenvalue weighted by atomic mass is 9.87. The zero-order valence-corrected chi connectivity index (χ0v) is 6.80. The second-order valence-electron chi connectivity index (χ2n) is 3.52. The highest BCUT2D eigenvalue weighted by Gasteiger charge is 2.32.